The first-order valence-corrected chi connectivity index (χ1v) is 9.00. The summed E-state index contributed by atoms with van der Waals surface area (Å²) in [6, 6.07) is 5.75. The minimum absolute atomic E-state index is 0.110. The maximum Gasteiger partial charge on any atom is 0.280 e. The van der Waals surface area contributed by atoms with Gasteiger partial charge in [0.15, 0.2) is 0 Å². The summed E-state index contributed by atoms with van der Waals surface area (Å²) in [6.07, 6.45) is 2.24. The van der Waals surface area contributed by atoms with E-state index < -0.39 is 22.1 Å². The molecule has 1 amide bonds. The monoisotopic (exact) mass is 339 g/mol. The molecule has 0 saturated carbocycles. The third-order valence-electron chi connectivity index (χ3n) is 3.88. The van der Waals surface area contributed by atoms with Crippen LogP contribution in [0.15, 0.2) is 29.4 Å². The first kappa shape index (κ1) is 15.9. The zero-order valence-electron chi connectivity index (χ0n) is 12.5. The van der Waals surface area contributed by atoms with Crippen molar-refractivity contribution in [2.45, 2.75) is 18.9 Å². The number of hydrogen-bond acceptors (Lipinski definition) is 7. The number of phenols is 1. The highest BCUT2D eigenvalue weighted by Crippen LogP contribution is 2.30. The van der Waals surface area contributed by atoms with E-state index >= 15 is 0 Å². The van der Waals surface area contributed by atoms with E-state index in [0.717, 1.165) is 6.26 Å². The molecule has 8 nitrogen and oxygen atoms in total. The fourth-order valence-corrected chi connectivity index (χ4v) is 3.47. The lowest BCUT2D eigenvalue weighted by Gasteiger charge is -2.40. The number of carbonyl (C=O) groups excluding carboxylic acids is 1. The number of piperidine rings is 1. The van der Waals surface area contributed by atoms with Gasteiger partial charge in [0.1, 0.15) is 5.75 Å². The lowest BCUT2D eigenvalue weighted by molar-refractivity contribution is -0.142. The van der Waals surface area contributed by atoms with Crippen LogP contribution in [-0.4, -0.2) is 49.0 Å². The van der Waals surface area contributed by atoms with Crippen molar-refractivity contribution in [2.75, 3.05) is 12.8 Å². The predicted octanol–water partition coefficient (Wildman–Crippen LogP) is 0.198. The number of phenolic OH excluding ortho intramolecular Hbond substituents is 1. The molecule has 2 unspecified atom stereocenters. The Morgan fingerprint density at radius 3 is 2.70 bits per heavy atom. The summed E-state index contributed by atoms with van der Waals surface area (Å²) in [5.74, 6) is -0.579. The van der Waals surface area contributed by atoms with Gasteiger partial charge in [0, 0.05) is 6.54 Å². The van der Waals surface area contributed by atoms with E-state index in [9.17, 15) is 18.3 Å². The SMILES string of the molecule is CS(=O)(=O)ON1CCCC2C(=O)NN=C(c3ccc(O)cc3)C21. The first-order chi connectivity index (χ1) is 10.8. The molecule has 1 aromatic rings. The molecule has 2 N–H and O–H groups in total. The molecule has 1 fully saturated rings. The van der Waals surface area contributed by atoms with Crippen LogP contribution in [-0.2, 0) is 19.2 Å². The number of fused-ring (bicyclic) bond motifs is 1. The number of nitrogens with one attached hydrogen (secondary N) is 1. The van der Waals surface area contributed by atoms with E-state index in [1.165, 1.54) is 17.2 Å². The van der Waals surface area contributed by atoms with Crippen LogP contribution in [0.4, 0.5) is 0 Å². The summed E-state index contributed by atoms with van der Waals surface area (Å²) in [7, 11) is -3.70. The molecule has 3 rings (SSSR count). The van der Waals surface area contributed by atoms with Crippen LogP contribution < -0.4 is 5.43 Å². The van der Waals surface area contributed by atoms with Gasteiger partial charge < -0.3 is 5.11 Å². The number of hydrogen-bond donors (Lipinski definition) is 2. The van der Waals surface area contributed by atoms with Crippen LogP contribution in [0.2, 0.25) is 0 Å². The number of hydroxylamine groups is 2. The van der Waals surface area contributed by atoms with Crippen molar-refractivity contribution in [3.8, 4) is 5.75 Å². The number of amides is 1. The number of carbonyl (C=O) groups is 1. The third kappa shape index (κ3) is 3.36. The van der Waals surface area contributed by atoms with Gasteiger partial charge in [-0.3, -0.25) is 4.79 Å². The summed E-state index contributed by atoms with van der Waals surface area (Å²) in [5.41, 5.74) is 3.68. The second-order valence-electron chi connectivity index (χ2n) is 5.63. The van der Waals surface area contributed by atoms with Crippen molar-refractivity contribution in [1.82, 2.24) is 10.5 Å². The summed E-state index contributed by atoms with van der Waals surface area (Å²) in [5, 5.41) is 14.8. The van der Waals surface area contributed by atoms with Crippen LogP contribution in [0, 0.1) is 5.92 Å². The zero-order valence-corrected chi connectivity index (χ0v) is 13.3. The number of hydrazone groups is 1. The van der Waals surface area contributed by atoms with Gasteiger partial charge in [0.2, 0.25) is 5.91 Å². The second-order valence-corrected chi connectivity index (χ2v) is 7.19. The number of rotatable bonds is 3. The lowest BCUT2D eigenvalue weighted by Crippen LogP contribution is -2.57. The van der Waals surface area contributed by atoms with Crippen molar-refractivity contribution in [3.63, 3.8) is 0 Å². The van der Waals surface area contributed by atoms with Gasteiger partial charge in [-0.2, -0.15) is 22.9 Å². The Balaban J connectivity index is 2.00. The molecule has 1 saturated heterocycles. The Kier molecular flexibility index (Phi) is 4.09. The minimum Gasteiger partial charge on any atom is -0.508 e. The van der Waals surface area contributed by atoms with Crippen molar-refractivity contribution in [3.05, 3.63) is 29.8 Å². The zero-order chi connectivity index (χ0) is 16.6. The molecule has 0 bridgehead atoms. The highest BCUT2D eigenvalue weighted by molar-refractivity contribution is 7.85. The lowest BCUT2D eigenvalue weighted by atomic mass is 9.83. The van der Waals surface area contributed by atoms with Crippen LogP contribution in [0.25, 0.3) is 0 Å². The van der Waals surface area contributed by atoms with E-state index in [4.69, 9.17) is 4.28 Å². The minimum atomic E-state index is -3.70. The van der Waals surface area contributed by atoms with Gasteiger partial charge in [0.05, 0.1) is 23.9 Å². The number of benzene rings is 1. The van der Waals surface area contributed by atoms with E-state index in [0.29, 0.717) is 30.7 Å². The van der Waals surface area contributed by atoms with Crippen molar-refractivity contribution in [1.29, 1.82) is 0 Å². The van der Waals surface area contributed by atoms with Crippen molar-refractivity contribution < 1.29 is 22.6 Å². The molecule has 1 aromatic carbocycles. The first-order valence-electron chi connectivity index (χ1n) is 7.18. The molecule has 0 radical (unpaired) electrons. The van der Waals surface area contributed by atoms with Crippen LogP contribution in [0.1, 0.15) is 18.4 Å². The largest absolute Gasteiger partial charge is 0.508 e. The number of nitrogens with zero attached hydrogens (tertiary/aromatic N) is 2. The van der Waals surface area contributed by atoms with Gasteiger partial charge >= 0.3 is 0 Å². The van der Waals surface area contributed by atoms with Crippen LogP contribution >= 0.6 is 0 Å². The fraction of sp³-hybridized carbons (Fsp3) is 0.429. The van der Waals surface area contributed by atoms with Gasteiger partial charge in [-0.15, -0.1) is 0 Å². The summed E-state index contributed by atoms with van der Waals surface area (Å²) in [4.78, 5) is 12.1. The fourth-order valence-electron chi connectivity index (χ4n) is 2.96. The molecule has 2 atom stereocenters. The third-order valence-corrected chi connectivity index (χ3v) is 4.34. The van der Waals surface area contributed by atoms with Crippen LogP contribution in [0.5, 0.6) is 5.75 Å². The Morgan fingerprint density at radius 2 is 2.04 bits per heavy atom. The normalized spacial score (nSPS) is 25.4. The predicted molar refractivity (Wildman–Crippen MR) is 81.9 cm³/mol. The topological polar surface area (TPSA) is 108 Å². The van der Waals surface area contributed by atoms with E-state index in [-0.39, 0.29) is 11.7 Å². The van der Waals surface area contributed by atoms with Gasteiger partial charge in [0.25, 0.3) is 10.1 Å². The quantitative estimate of drug-likeness (QED) is 0.814. The Labute approximate surface area is 133 Å². The number of aromatic hydroxyl groups is 1. The maximum atomic E-state index is 12.1. The van der Waals surface area contributed by atoms with E-state index in [1.807, 2.05) is 0 Å². The summed E-state index contributed by atoms with van der Waals surface area (Å²) >= 11 is 0. The Morgan fingerprint density at radius 1 is 1.35 bits per heavy atom. The molecule has 124 valence electrons. The molecule has 2 heterocycles. The maximum absolute atomic E-state index is 12.1. The smallest absolute Gasteiger partial charge is 0.280 e. The molecule has 2 aliphatic heterocycles. The summed E-state index contributed by atoms with van der Waals surface area (Å²) < 4.78 is 28.1. The summed E-state index contributed by atoms with van der Waals surface area (Å²) in [6.45, 7) is 0.388. The molecular formula is C14H17N3O5S. The van der Waals surface area contributed by atoms with Gasteiger partial charge in [-0.1, -0.05) is 0 Å². The second kappa shape index (κ2) is 5.91. The molecule has 2 aliphatic rings. The molecule has 9 heteroatoms. The Hall–Kier alpha value is -1.97. The highest BCUT2D eigenvalue weighted by Gasteiger charge is 2.44. The average Bonchev–Trinajstić information content (AvgIpc) is 2.48. The van der Waals surface area contributed by atoms with Gasteiger partial charge in [-0.05, 0) is 42.7 Å². The van der Waals surface area contributed by atoms with Crippen LogP contribution in [0.3, 0.4) is 0 Å². The Bertz CT molecular complexity index is 744. The standard InChI is InChI=1S/C14H17N3O5S/c1-23(20,21)22-17-8-2-3-11-13(17)12(15-16-14(11)19)9-4-6-10(18)7-5-9/h4-7,11,13,18H,2-3,8H2,1H3,(H,16,19). The molecular weight excluding hydrogens is 322 g/mol. The van der Waals surface area contributed by atoms with Crippen molar-refractivity contribution >= 4 is 21.7 Å². The average molecular weight is 339 g/mol. The van der Waals surface area contributed by atoms with E-state index in [1.54, 1.807) is 12.1 Å². The molecule has 0 aromatic heterocycles. The van der Waals surface area contributed by atoms with E-state index in [2.05, 4.69) is 10.5 Å². The molecule has 0 aliphatic carbocycles. The molecule has 23 heavy (non-hydrogen) atoms. The van der Waals surface area contributed by atoms with Gasteiger partial charge in [-0.25, -0.2) is 5.43 Å². The molecule has 0 spiro atoms. The van der Waals surface area contributed by atoms with Crippen molar-refractivity contribution in [2.24, 2.45) is 11.0 Å². The highest BCUT2D eigenvalue weighted by atomic mass is 32.2.